The number of nitrogens with zero attached hydrogens (tertiary/aromatic N) is 3. The molecule has 1 atom stereocenters. The second kappa shape index (κ2) is 7.16. The van der Waals surface area contributed by atoms with Gasteiger partial charge in [-0.2, -0.15) is 0 Å². The molecule has 5 heteroatoms. The van der Waals surface area contributed by atoms with Crippen molar-refractivity contribution in [2.75, 3.05) is 32.7 Å². The van der Waals surface area contributed by atoms with Crippen LogP contribution in [0.5, 0.6) is 0 Å². The van der Waals surface area contributed by atoms with Crippen molar-refractivity contribution in [1.29, 1.82) is 0 Å². The van der Waals surface area contributed by atoms with Crippen LogP contribution in [-0.4, -0.2) is 65.3 Å². The number of amides is 2. The van der Waals surface area contributed by atoms with Crippen LogP contribution in [0.4, 0.5) is 0 Å². The molecule has 5 nitrogen and oxygen atoms in total. The molecule has 0 aromatic heterocycles. The normalized spacial score (nSPS) is 25.3. The van der Waals surface area contributed by atoms with Crippen molar-refractivity contribution in [2.24, 2.45) is 5.92 Å². The Morgan fingerprint density at radius 1 is 1.04 bits per heavy atom. The van der Waals surface area contributed by atoms with E-state index in [0.29, 0.717) is 19.0 Å². The van der Waals surface area contributed by atoms with Crippen LogP contribution >= 0.6 is 0 Å². The smallest absolute Gasteiger partial charge is 0.228 e. The molecule has 25 heavy (non-hydrogen) atoms. The second-order valence-corrected chi connectivity index (χ2v) is 7.62. The topological polar surface area (TPSA) is 43.9 Å². The third-order valence-electron chi connectivity index (χ3n) is 5.64. The fourth-order valence-corrected chi connectivity index (χ4v) is 4.09. The molecule has 1 aliphatic carbocycles. The Kier molecular flexibility index (Phi) is 4.75. The highest BCUT2D eigenvalue weighted by molar-refractivity contribution is 5.89. The molecule has 0 N–H and O–H groups in total. The Morgan fingerprint density at radius 3 is 2.60 bits per heavy atom. The summed E-state index contributed by atoms with van der Waals surface area (Å²) in [5.41, 5.74) is 1.32. The summed E-state index contributed by atoms with van der Waals surface area (Å²) in [5, 5.41) is 0. The minimum Gasteiger partial charge on any atom is -0.341 e. The van der Waals surface area contributed by atoms with Crippen LogP contribution in [-0.2, 0) is 16.1 Å². The molecular weight excluding hydrogens is 314 g/mol. The zero-order valence-corrected chi connectivity index (χ0v) is 14.8. The Balaban J connectivity index is 1.31. The maximum Gasteiger partial charge on any atom is 0.228 e. The van der Waals surface area contributed by atoms with Crippen molar-refractivity contribution >= 4 is 11.8 Å². The van der Waals surface area contributed by atoms with Gasteiger partial charge in [0.1, 0.15) is 0 Å². The second-order valence-electron chi connectivity index (χ2n) is 7.62. The van der Waals surface area contributed by atoms with Gasteiger partial charge in [-0.05, 0) is 24.8 Å². The van der Waals surface area contributed by atoms with E-state index in [4.69, 9.17) is 0 Å². The molecule has 0 bridgehead atoms. The van der Waals surface area contributed by atoms with Crippen molar-refractivity contribution in [1.82, 2.24) is 14.7 Å². The summed E-state index contributed by atoms with van der Waals surface area (Å²) in [5.74, 6) is 0.258. The third-order valence-corrected chi connectivity index (χ3v) is 5.64. The van der Waals surface area contributed by atoms with E-state index in [1.807, 2.05) is 15.9 Å². The van der Waals surface area contributed by atoms with Gasteiger partial charge < -0.3 is 9.80 Å². The van der Waals surface area contributed by atoms with Crippen LogP contribution in [0.15, 0.2) is 30.3 Å². The first-order valence-electron chi connectivity index (χ1n) is 9.55. The average molecular weight is 341 g/mol. The molecule has 1 saturated carbocycles. The predicted octanol–water partition coefficient (Wildman–Crippen LogP) is 1.73. The highest BCUT2D eigenvalue weighted by Crippen LogP contribution is 2.33. The molecule has 2 saturated heterocycles. The highest BCUT2D eigenvalue weighted by Gasteiger charge is 2.42. The van der Waals surface area contributed by atoms with Crippen molar-refractivity contribution in [3.63, 3.8) is 0 Å². The summed E-state index contributed by atoms with van der Waals surface area (Å²) in [6.07, 6.45) is 3.65. The molecule has 3 fully saturated rings. The summed E-state index contributed by atoms with van der Waals surface area (Å²) in [4.78, 5) is 31.4. The number of benzene rings is 1. The van der Waals surface area contributed by atoms with Gasteiger partial charge in [-0.25, -0.2) is 0 Å². The first kappa shape index (κ1) is 16.6. The largest absolute Gasteiger partial charge is 0.341 e. The lowest BCUT2D eigenvalue weighted by Gasteiger charge is -2.24. The first-order chi connectivity index (χ1) is 12.2. The quantitative estimate of drug-likeness (QED) is 0.838. The summed E-state index contributed by atoms with van der Waals surface area (Å²) >= 11 is 0. The van der Waals surface area contributed by atoms with Crippen LogP contribution in [0, 0.1) is 5.92 Å². The molecule has 0 unspecified atom stereocenters. The standard InChI is InChI=1S/C20H27N3O2/c24-19-13-17(15-23(19)18-7-8-18)20(25)22-10-4-9-21(11-12-22)14-16-5-2-1-3-6-16/h1-3,5-6,17-18H,4,7-15H2/t17-/m1/s1. The van der Waals surface area contributed by atoms with Gasteiger partial charge in [0.25, 0.3) is 0 Å². The number of likely N-dealkylation sites (tertiary alicyclic amines) is 1. The lowest BCUT2D eigenvalue weighted by Crippen LogP contribution is -2.40. The molecule has 3 aliphatic rings. The minimum atomic E-state index is -0.117. The zero-order chi connectivity index (χ0) is 17.2. The monoisotopic (exact) mass is 341 g/mol. The van der Waals surface area contributed by atoms with Gasteiger partial charge in [0.05, 0.1) is 5.92 Å². The average Bonchev–Trinajstić information content (AvgIpc) is 3.42. The molecule has 0 spiro atoms. The number of rotatable bonds is 4. The van der Waals surface area contributed by atoms with Gasteiger partial charge in [-0.1, -0.05) is 30.3 Å². The minimum absolute atomic E-state index is 0.117. The van der Waals surface area contributed by atoms with Crippen LogP contribution in [0.1, 0.15) is 31.2 Å². The van der Waals surface area contributed by atoms with E-state index in [2.05, 4.69) is 29.2 Å². The Labute approximate surface area is 149 Å². The summed E-state index contributed by atoms with van der Waals surface area (Å²) < 4.78 is 0. The molecule has 1 aromatic rings. The van der Waals surface area contributed by atoms with Gasteiger partial charge in [0.2, 0.25) is 11.8 Å². The van der Waals surface area contributed by atoms with Gasteiger partial charge in [-0.15, -0.1) is 0 Å². The van der Waals surface area contributed by atoms with E-state index in [-0.39, 0.29) is 17.7 Å². The molecule has 134 valence electrons. The van der Waals surface area contributed by atoms with E-state index in [1.54, 1.807) is 0 Å². The number of carbonyl (C=O) groups excluding carboxylic acids is 2. The third kappa shape index (κ3) is 3.87. The number of hydrogen-bond donors (Lipinski definition) is 0. The lowest BCUT2D eigenvalue weighted by molar-refractivity contribution is -0.135. The predicted molar refractivity (Wildman–Crippen MR) is 95.8 cm³/mol. The van der Waals surface area contributed by atoms with E-state index in [9.17, 15) is 9.59 Å². The van der Waals surface area contributed by atoms with Crippen molar-refractivity contribution in [3.8, 4) is 0 Å². The molecule has 2 amide bonds. The number of hydrogen-bond acceptors (Lipinski definition) is 3. The van der Waals surface area contributed by atoms with Gasteiger partial charge in [-0.3, -0.25) is 14.5 Å². The lowest BCUT2D eigenvalue weighted by atomic mass is 10.1. The summed E-state index contributed by atoms with van der Waals surface area (Å²) in [6.45, 7) is 5.12. The van der Waals surface area contributed by atoms with Crippen LogP contribution in [0.3, 0.4) is 0 Å². The van der Waals surface area contributed by atoms with Crippen LogP contribution in [0.2, 0.25) is 0 Å². The summed E-state index contributed by atoms with van der Waals surface area (Å²) in [7, 11) is 0. The van der Waals surface area contributed by atoms with Crippen LogP contribution in [0.25, 0.3) is 0 Å². The molecule has 2 heterocycles. The Hall–Kier alpha value is -1.88. The zero-order valence-electron chi connectivity index (χ0n) is 14.8. The van der Waals surface area contributed by atoms with E-state index in [0.717, 1.165) is 52.0 Å². The van der Waals surface area contributed by atoms with Crippen LogP contribution < -0.4 is 0 Å². The fraction of sp³-hybridized carbons (Fsp3) is 0.600. The summed E-state index contributed by atoms with van der Waals surface area (Å²) in [6, 6.07) is 10.9. The van der Waals surface area contributed by atoms with Gasteiger partial charge >= 0.3 is 0 Å². The maximum atomic E-state index is 12.9. The van der Waals surface area contributed by atoms with E-state index >= 15 is 0 Å². The maximum absolute atomic E-state index is 12.9. The molecule has 4 rings (SSSR count). The Bertz CT molecular complexity index is 629. The molecule has 2 aliphatic heterocycles. The first-order valence-corrected chi connectivity index (χ1v) is 9.55. The fourth-order valence-electron chi connectivity index (χ4n) is 4.09. The Morgan fingerprint density at radius 2 is 1.84 bits per heavy atom. The molecular formula is C20H27N3O2. The van der Waals surface area contributed by atoms with Gasteiger partial charge in [0.15, 0.2) is 0 Å². The molecule has 1 aromatic carbocycles. The van der Waals surface area contributed by atoms with E-state index < -0.39 is 0 Å². The van der Waals surface area contributed by atoms with Crippen molar-refractivity contribution in [3.05, 3.63) is 35.9 Å². The van der Waals surface area contributed by atoms with Crippen molar-refractivity contribution < 1.29 is 9.59 Å². The van der Waals surface area contributed by atoms with Crippen molar-refractivity contribution in [2.45, 2.75) is 38.3 Å². The SMILES string of the molecule is O=C([C@@H]1CC(=O)N(C2CC2)C1)N1CCCN(Cc2ccccc2)CC1. The highest BCUT2D eigenvalue weighted by atomic mass is 16.2. The van der Waals surface area contributed by atoms with Gasteiger partial charge in [0, 0.05) is 51.7 Å². The molecule has 0 radical (unpaired) electrons. The number of carbonyl (C=O) groups is 2. The van der Waals surface area contributed by atoms with E-state index in [1.165, 1.54) is 5.56 Å².